The van der Waals surface area contributed by atoms with E-state index in [2.05, 4.69) is 61.0 Å². The molecule has 8 heteroatoms. The van der Waals surface area contributed by atoms with Gasteiger partial charge in [-0.3, -0.25) is 9.89 Å². The van der Waals surface area contributed by atoms with Crippen molar-refractivity contribution in [3.05, 3.63) is 120 Å². The van der Waals surface area contributed by atoms with E-state index in [0.717, 1.165) is 54.7 Å². The van der Waals surface area contributed by atoms with E-state index in [1.165, 1.54) is 17.9 Å². The Labute approximate surface area is 233 Å². The number of aromatic nitrogens is 2. The summed E-state index contributed by atoms with van der Waals surface area (Å²) in [6.07, 6.45) is 8.36. The van der Waals surface area contributed by atoms with Crippen LogP contribution in [-0.4, -0.2) is 45.9 Å². The van der Waals surface area contributed by atoms with Gasteiger partial charge in [0.15, 0.2) is 0 Å². The van der Waals surface area contributed by atoms with Crippen LogP contribution in [0.25, 0.3) is 5.57 Å². The maximum absolute atomic E-state index is 13.9. The average molecular weight is 532 g/mol. The topological polar surface area (TPSA) is 89.6 Å². The van der Waals surface area contributed by atoms with Gasteiger partial charge in [-0.15, -0.1) is 0 Å². The molecule has 0 radical (unpaired) electrons. The van der Waals surface area contributed by atoms with E-state index in [1.807, 2.05) is 42.5 Å². The lowest BCUT2D eigenvalue weighted by atomic mass is 10.0. The molecular weight excluding hydrogens is 501 g/mol. The Kier molecular flexibility index (Phi) is 8.64. The summed E-state index contributed by atoms with van der Waals surface area (Å²) in [5.74, 6) is 0.325. The summed E-state index contributed by atoms with van der Waals surface area (Å²) in [4.78, 5) is 19.1. The molecule has 2 aromatic carbocycles. The van der Waals surface area contributed by atoms with Gasteiger partial charge in [0.05, 0.1) is 12.3 Å². The first-order valence-electron chi connectivity index (χ1n) is 13.3. The van der Waals surface area contributed by atoms with Crippen LogP contribution in [0.2, 0.25) is 0 Å². The summed E-state index contributed by atoms with van der Waals surface area (Å²) in [6.45, 7) is 7.43. The quantitative estimate of drug-likeness (QED) is 0.366. The fourth-order valence-corrected chi connectivity index (χ4v) is 4.72. The number of aliphatic imine (C=N–C) groups is 2. The third kappa shape index (κ3) is 7.22. The molecular formula is C32H30FN7. The number of nitriles is 1. The van der Waals surface area contributed by atoms with Crippen molar-refractivity contribution in [2.75, 3.05) is 18.4 Å². The molecule has 0 atom stereocenters. The Morgan fingerprint density at radius 3 is 2.60 bits per heavy atom. The van der Waals surface area contributed by atoms with Crippen LogP contribution < -0.4 is 5.32 Å². The highest BCUT2D eigenvalue weighted by Crippen LogP contribution is 2.20. The summed E-state index contributed by atoms with van der Waals surface area (Å²) in [5, 5.41) is 12.4. The number of hydrogen-bond donors (Lipinski definition) is 1. The Bertz CT molecular complexity index is 1510. The molecule has 3 heterocycles. The number of likely N-dealkylation sites (tertiary alicyclic amines) is 1. The molecule has 200 valence electrons. The molecule has 5 rings (SSSR count). The first kappa shape index (κ1) is 26.9. The standard InChI is InChI=1S/C32H30FN7/c1-23(26-5-3-2-4-6-26)17-27-21-37-30(33)18-29(27)36-20-24-7-9-25(10-8-24)22-40-15-12-28(13-16-40)38-31-11-14-35-32(19-34)39-31/h2-11,14,17-18,21,28H,1,12-13,15-16,20,22H2,(H,35,38,39)/b27-17-,36-29?. The molecule has 0 unspecified atom stereocenters. The molecule has 0 amide bonds. The summed E-state index contributed by atoms with van der Waals surface area (Å²) in [5.41, 5.74) is 5.39. The molecule has 2 aliphatic rings. The highest BCUT2D eigenvalue weighted by Gasteiger charge is 2.19. The summed E-state index contributed by atoms with van der Waals surface area (Å²) < 4.78 is 13.9. The van der Waals surface area contributed by atoms with Crippen LogP contribution in [0.15, 0.2) is 107 Å². The summed E-state index contributed by atoms with van der Waals surface area (Å²) in [6, 6.07) is 22.4. The molecule has 1 N–H and O–H groups in total. The third-order valence-electron chi connectivity index (χ3n) is 6.91. The smallest absolute Gasteiger partial charge is 0.234 e. The Morgan fingerprint density at radius 1 is 1.10 bits per heavy atom. The maximum Gasteiger partial charge on any atom is 0.234 e. The molecule has 40 heavy (non-hydrogen) atoms. The fraction of sp³-hybridized carbons (Fsp3) is 0.219. The van der Waals surface area contributed by atoms with Gasteiger partial charge in [-0.1, -0.05) is 61.2 Å². The van der Waals surface area contributed by atoms with Gasteiger partial charge in [0.1, 0.15) is 11.9 Å². The Morgan fingerprint density at radius 2 is 1.85 bits per heavy atom. The van der Waals surface area contributed by atoms with Crippen molar-refractivity contribution in [3.8, 4) is 6.07 Å². The van der Waals surface area contributed by atoms with E-state index in [1.54, 1.807) is 12.3 Å². The lowest BCUT2D eigenvalue weighted by Crippen LogP contribution is -2.38. The van der Waals surface area contributed by atoms with Crippen LogP contribution in [0.4, 0.5) is 10.2 Å². The van der Waals surface area contributed by atoms with Gasteiger partial charge in [0.25, 0.3) is 0 Å². The van der Waals surface area contributed by atoms with E-state index < -0.39 is 5.95 Å². The number of nitrogens with zero attached hydrogens (tertiary/aromatic N) is 6. The van der Waals surface area contributed by atoms with Crippen LogP contribution >= 0.6 is 0 Å². The van der Waals surface area contributed by atoms with Crippen molar-refractivity contribution in [1.82, 2.24) is 14.9 Å². The number of piperidine rings is 1. The Balaban J connectivity index is 1.15. The lowest BCUT2D eigenvalue weighted by Gasteiger charge is -2.32. The first-order valence-corrected chi connectivity index (χ1v) is 13.3. The number of halogens is 1. The van der Waals surface area contributed by atoms with Gasteiger partial charge < -0.3 is 5.32 Å². The number of hydrogen-bond acceptors (Lipinski definition) is 7. The predicted molar refractivity (Wildman–Crippen MR) is 157 cm³/mol. The van der Waals surface area contributed by atoms with Crippen LogP contribution in [0.3, 0.4) is 0 Å². The Hall–Kier alpha value is -4.74. The van der Waals surface area contributed by atoms with Gasteiger partial charge in [-0.05, 0) is 47.2 Å². The third-order valence-corrected chi connectivity index (χ3v) is 6.91. The zero-order chi connectivity index (χ0) is 27.7. The van der Waals surface area contributed by atoms with E-state index >= 15 is 0 Å². The van der Waals surface area contributed by atoms with Crippen LogP contribution in [0, 0.1) is 11.3 Å². The van der Waals surface area contributed by atoms with Crippen LogP contribution in [0.1, 0.15) is 35.4 Å². The minimum atomic E-state index is -0.556. The van der Waals surface area contributed by atoms with Crippen molar-refractivity contribution in [2.24, 2.45) is 9.98 Å². The lowest BCUT2D eigenvalue weighted by molar-refractivity contribution is 0.211. The number of nitrogens with one attached hydrogen (secondary N) is 1. The van der Waals surface area contributed by atoms with Gasteiger partial charge >= 0.3 is 0 Å². The van der Waals surface area contributed by atoms with E-state index in [4.69, 9.17) is 5.26 Å². The van der Waals surface area contributed by atoms with Crippen molar-refractivity contribution >= 4 is 23.3 Å². The molecule has 1 fully saturated rings. The van der Waals surface area contributed by atoms with Crippen molar-refractivity contribution in [1.29, 1.82) is 5.26 Å². The van der Waals surface area contributed by atoms with E-state index in [0.29, 0.717) is 24.1 Å². The van der Waals surface area contributed by atoms with Crippen LogP contribution in [-0.2, 0) is 13.1 Å². The SMILES string of the molecule is C=C(/C=C1/C=NC(F)=CC1=NCc1ccc(CN2CCC(Nc3ccnc(C#N)n3)CC2)cc1)c1ccccc1. The van der Waals surface area contributed by atoms with E-state index in [-0.39, 0.29) is 5.82 Å². The highest BCUT2D eigenvalue weighted by atomic mass is 19.1. The molecule has 3 aromatic rings. The number of anilines is 1. The molecule has 0 aliphatic carbocycles. The molecule has 7 nitrogen and oxygen atoms in total. The zero-order valence-electron chi connectivity index (χ0n) is 22.2. The summed E-state index contributed by atoms with van der Waals surface area (Å²) >= 11 is 0. The van der Waals surface area contributed by atoms with Gasteiger partial charge in [-0.25, -0.2) is 15.0 Å². The normalized spacial score (nSPS) is 17.9. The molecule has 0 spiro atoms. The predicted octanol–water partition coefficient (Wildman–Crippen LogP) is 5.90. The highest BCUT2D eigenvalue weighted by molar-refractivity contribution is 6.24. The second-order valence-corrected chi connectivity index (χ2v) is 9.81. The zero-order valence-corrected chi connectivity index (χ0v) is 22.2. The minimum absolute atomic E-state index is 0.180. The number of allylic oxidation sites excluding steroid dienone is 4. The van der Waals surface area contributed by atoms with Crippen molar-refractivity contribution in [2.45, 2.75) is 32.0 Å². The average Bonchev–Trinajstić information content (AvgIpc) is 2.99. The first-order chi connectivity index (χ1) is 19.6. The minimum Gasteiger partial charge on any atom is -0.367 e. The molecule has 0 bridgehead atoms. The van der Waals surface area contributed by atoms with Gasteiger partial charge in [0.2, 0.25) is 11.8 Å². The largest absolute Gasteiger partial charge is 0.367 e. The van der Waals surface area contributed by atoms with Gasteiger partial charge in [0, 0.05) is 49.7 Å². The monoisotopic (exact) mass is 531 g/mol. The maximum atomic E-state index is 13.9. The van der Waals surface area contributed by atoms with Crippen LogP contribution in [0.5, 0.6) is 0 Å². The second-order valence-electron chi connectivity index (χ2n) is 9.81. The molecule has 1 aromatic heterocycles. The van der Waals surface area contributed by atoms with Crippen molar-refractivity contribution < 1.29 is 4.39 Å². The molecule has 1 saturated heterocycles. The van der Waals surface area contributed by atoms with Gasteiger partial charge in [-0.2, -0.15) is 9.65 Å². The molecule has 0 saturated carbocycles. The van der Waals surface area contributed by atoms with E-state index in [9.17, 15) is 4.39 Å². The summed E-state index contributed by atoms with van der Waals surface area (Å²) in [7, 11) is 0. The second kappa shape index (κ2) is 12.9. The number of benzene rings is 2. The van der Waals surface area contributed by atoms with Crippen molar-refractivity contribution in [3.63, 3.8) is 0 Å². The fourth-order valence-electron chi connectivity index (χ4n) is 4.72. The molecule has 2 aliphatic heterocycles. The number of rotatable bonds is 8.